The Morgan fingerprint density at radius 2 is 2.19 bits per heavy atom. The highest BCUT2D eigenvalue weighted by Crippen LogP contribution is 2.28. The van der Waals surface area contributed by atoms with Crippen LogP contribution in [0.5, 0.6) is 0 Å². The second-order valence-corrected chi connectivity index (χ2v) is 12.7. The number of nitro groups is 1. The molecule has 0 aliphatic heterocycles. The van der Waals surface area contributed by atoms with E-state index in [4.69, 9.17) is 4.74 Å². The van der Waals surface area contributed by atoms with Crippen LogP contribution in [0.3, 0.4) is 0 Å². The van der Waals surface area contributed by atoms with E-state index in [1.807, 2.05) is 0 Å². The van der Waals surface area contributed by atoms with Crippen LogP contribution in [0.25, 0.3) is 11.0 Å². The normalized spacial score (nSPS) is 12.0. The van der Waals surface area contributed by atoms with Crippen LogP contribution >= 0.6 is 15.9 Å². The molecule has 0 unspecified atom stereocenters. The van der Waals surface area contributed by atoms with Gasteiger partial charge in [0.15, 0.2) is 0 Å². The molecule has 0 radical (unpaired) electrons. The van der Waals surface area contributed by atoms with Gasteiger partial charge in [-0.15, -0.1) is 0 Å². The first kappa shape index (κ1) is 16.1. The third-order valence-corrected chi connectivity index (χ3v) is 5.22. The molecule has 0 aromatic carbocycles. The van der Waals surface area contributed by atoms with E-state index < -0.39 is 13.0 Å². The third-order valence-electron chi connectivity index (χ3n) is 3.08. The van der Waals surface area contributed by atoms with Gasteiger partial charge in [0.05, 0.1) is 16.5 Å². The molecule has 8 heteroatoms. The van der Waals surface area contributed by atoms with Crippen molar-refractivity contribution in [2.75, 3.05) is 6.61 Å². The van der Waals surface area contributed by atoms with Crippen molar-refractivity contribution in [3.63, 3.8) is 0 Å². The zero-order valence-electron chi connectivity index (χ0n) is 12.3. The predicted molar refractivity (Wildman–Crippen MR) is 88.2 cm³/mol. The van der Waals surface area contributed by atoms with E-state index in [1.165, 1.54) is 6.20 Å². The highest BCUT2D eigenvalue weighted by atomic mass is 79.9. The molecule has 21 heavy (non-hydrogen) atoms. The first-order valence-corrected chi connectivity index (χ1v) is 11.1. The van der Waals surface area contributed by atoms with Crippen LogP contribution in [0.1, 0.15) is 0 Å². The fourth-order valence-electron chi connectivity index (χ4n) is 1.91. The van der Waals surface area contributed by atoms with Crippen LogP contribution < -0.4 is 0 Å². The van der Waals surface area contributed by atoms with Gasteiger partial charge in [0.25, 0.3) is 5.69 Å². The van der Waals surface area contributed by atoms with Gasteiger partial charge in [0.2, 0.25) is 0 Å². The summed E-state index contributed by atoms with van der Waals surface area (Å²) in [6.45, 7) is 7.80. The van der Waals surface area contributed by atoms with Gasteiger partial charge in [0, 0.05) is 25.4 Å². The van der Waals surface area contributed by atoms with Gasteiger partial charge >= 0.3 is 0 Å². The van der Waals surface area contributed by atoms with Crippen LogP contribution in [0.2, 0.25) is 25.7 Å². The van der Waals surface area contributed by atoms with E-state index in [2.05, 4.69) is 40.6 Å². The Labute approximate surface area is 132 Å². The highest BCUT2D eigenvalue weighted by molar-refractivity contribution is 9.10. The van der Waals surface area contributed by atoms with Crippen molar-refractivity contribution in [1.82, 2.24) is 9.55 Å². The van der Waals surface area contributed by atoms with E-state index in [9.17, 15) is 10.1 Å². The summed E-state index contributed by atoms with van der Waals surface area (Å²) in [5.41, 5.74) is 0.616. The van der Waals surface area contributed by atoms with E-state index in [0.29, 0.717) is 17.6 Å². The number of hydrogen-bond acceptors (Lipinski definition) is 4. The number of halogens is 1. The zero-order valence-corrected chi connectivity index (χ0v) is 14.9. The van der Waals surface area contributed by atoms with Crippen LogP contribution in [0, 0.1) is 10.1 Å². The quantitative estimate of drug-likeness (QED) is 0.332. The fraction of sp³-hybridized carbons (Fsp3) is 0.462. The van der Waals surface area contributed by atoms with Gasteiger partial charge in [-0.3, -0.25) is 10.1 Å². The average molecular weight is 372 g/mol. The van der Waals surface area contributed by atoms with Gasteiger partial charge in [-0.1, -0.05) is 19.6 Å². The van der Waals surface area contributed by atoms with Crippen molar-refractivity contribution in [2.45, 2.75) is 32.4 Å². The number of hydrogen-bond donors (Lipinski definition) is 0. The second kappa shape index (κ2) is 6.25. The van der Waals surface area contributed by atoms with E-state index >= 15 is 0 Å². The maximum atomic E-state index is 11.1. The molecule has 0 aliphatic carbocycles. The molecule has 2 rings (SSSR count). The van der Waals surface area contributed by atoms with Gasteiger partial charge < -0.3 is 9.30 Å². The molecule has 2 aromatic rings. The van der Waals surface area contributed by atoms with Crippen molar-refractivity contribution in [1.29, 1.82) is 0 Å². The Bertz CT molecular complexity index is 666. The second-order valence-electron chi connectivity index (χ2n) is 6.11. The largest absolute Gasteiger partial charge is 0.361 e. The number of aromatic nitrogens is 2. The number of ether oxygens (including phenoxy) is 1. The van der Waals surface area contributed by atoms with Crippen molar-refractivity contribution in [2.24, 2.45) is 0 Å². The number of rotatable bonds is 6. The summed E-state index contributed by atoms with van der Waals surface area (Å²) in [5, 5.41) is 11.6. The van der Waals surface area contributed by atoms with Crippen LogP contribution in [-0.2, 0) is 11.5 Å². The lowest BCUT2D eigenvalue weighted by Crippen LogP contribution is -2.22. The number of fused-ring (bicyclic) bond motifs is 1. The monoisotopic (exact) mass is 371 g/mol. The van der Waals surface area contributed by atoms with E-state index in [1.54, 1.807) is 16.8 Å². The molecule has 0 N–H and O–H groups in total. The minimum Gasteiger partial charge on any atom is -0.361 e. The van der Waals surface area contributed by atoms with Crippen molar-refractivity contribution in [3.8, 4) is 0 Å². The minimum absolute atomic E-state index is 0.0487. The Balaban J connectivity index is 2.18. The number of nitrogens with zero attached hydrogens (tertiary/aromatic N) is 3. The van der Waals surface area contributed by atoms with Crippen molar-refractivity contribution >= 4 is 40.7 Å². The summed E-state index contributed by atoms with van der Waals surface area (Å²) < 4.78 is 8.05. The topological polar surface area (TPSA) is 70.2 Å². The standard InChI is InChI=1S/C13H18BrN3O3Si/c1-21(2,3)5-4-20-9-16-8-12(17(18)19)11-6-10(14)7-15-13(11)16/h6-8H,4-5,9H2,1-3H3. The molecule has 2 heterocycles. The van der Waals surface area contributed by atoms with Gasteiger partial charge in [0.1, 0.15) is 12.4 Å². The van der Waals surface area contributed by atoms with Gasteiger partial charge in [-0.05, 0) is 28.0 Å². The smallest absolute Gasteiger partial charge is 0.296 e. The average Bonchev–Trinajstić information content (AvgIpc) is 2.71. The van der Waals surface area contributed by atoms with Gasteiger partial charge in [-0.2, -0.15) is 0 Å². The van der Waals surface area contributed by atoms with Crippen LogP contribution in [-0.4, -0.2) is 29.2 Å². The van der Waals surface area contributed by atoms with Crippen LogP contribution in [0.4, 0.5) is 5.69 Å². The Morgan fingerprint density at radius 3 is 2.81 bits per heavy atom. The maximum Gasteiger partial charge on any atom is 0.296 e. The molecule has 2 aromatic heterocycles. The molecule has 0 aliphatic rings. The van der Waals surface area contributed by atoms with Crippen molar-refractivity contribution < 1.29 is 9.66 Å². The molecule has 0 saturated carbocycles. The summed E-state index contributed by atoms with van der Waals surface area (Å²) in [6, 6.07) is 2.77. The highest BCUT2D eigenvalue weighted by Gasteiger charge is 2.19. The maximum absolute atomic E-state index is 11.1. The SMILES string of the molecule is C[Si](C)(C)CCOCn1cc([N+](=O)[O-])c2cc(Br)cnc21. The summed E-state index contributed by atoms with van der Waals surface area (Å²) in [5.74, 6) is 0. The summed E-state index contributed by atoms with van der Waals surface area (Å²) in [7, 11) is -1.13. The van der Waals surface area contributed by atoms with E-state index in [0.717, 1.165) is 10.5 Å². The lowest BCUT2D eigenvalue weighted by molar-refractivity contribution is -0.383. The molecule has 114 valence electrons. The fourth-order valence-corrected chi connectivity index (χ4v) is 3.00. The van der Waals surface area contributed by atoms with Gasteiger partial charge in [-0.25, -0.2) is 4.98 Å². The zero-order chi connectivity index (χ0) is 15.6. The molecule has 0 spiro atoms. The molecule has 0 atom stereocenters. The lowest BCUT2D eigenvalue weighted by atomic mass is 10.3. The Morgan fingerprint density at radius 1 is 1.48 bits per heavy atom. The molecule has 6 nitrogen and oxygen atoms in total. The third kappa shape index (κ3) is 4.11. The molecule has 0 fully saturated rings. The molecule has 0 amide bonds. The summed E-state index contributed by atoms with van der Waals surface area (Å²) in [4.78, 5) is 15.0. The minimum atomic E-state index is -1.13. The first-order valence-electron chi connectivity index (χ1n) is 6.64. The van der Waals surface area contributed by atoms with Crippen molar-refractivity contribution in [3.05, 3.63) is 33.0 Å². The predicted octanol–water partition coefficient (Wildman–Crippen LogP) is 4.02. The molecular weight excluding hydrogens is 354 g/mol. The summed E-state index contributed by atoms with van der Waals surface area (Å²) >= 11 is 3.29. The molecule has 0 bridgehead atoms. The molecule has 0 saturated heterocycles. The number of pyridine rings is 1. The van der Waals surface area contributed by atoms with Crippen LogP contribution in [0.15, 0.2) is 22.9 Å². The molecular formula is C13H18BrN3O3Si. The summed E-state index contributed by atoms with van der Waals surface area (Å²) in [6.07, 6.45) is 3.11. The lowest BCUT2D eigenvalue weighted by Gasteiger charge is -2.15. The Kier molecular flexibility index (Phi) is 4.80. The first-order chi connectivity index (χ1) is 9.78. The Hall–Kier alpha value is -1.25. The van der Waals surface area contributed by atoms with E-state index in [-0.39, 0.29) is 12.4 Å².